The van der Waals surface area contributed by atoms with Crippen molar-refractivity contribution < 1.29 is 18.4 Å². The van der Waals surface area contributed by atoms with Crippen LogP contribution in [-0.2, 0) is 6.54 Å². The summed E-state index contributed by atoms with van der Waals surface area (Å²) in [5.74, 6) is 3.47. The first-order valence-electron chi connectivity index (χ1n) is 14.9. The molecule has 0 spiro atoms. The number of hydrogen-bond acceptors (Lipinski definition) is 8. The second-order valence-corrected chi connectivity index (χ2v) is 11.2. The third-order valence-corrected chi connectivity index (χ3v) is 7.25. The summed E-state index contributed by atoms with van der Waals surface area (Å²) in [6, 6.07) is 15.8. The Morgan fingerprint density at radius 1 is 0.938 bits per heavy atom. The molecule has 5 aromatic rings. The van der Waals surface area contributed by atoms with Crippen LogP contribution in [0.5, 0.6) is 0 Å². The average molecular weight is 651 g/mol. The van der Waals surface area contributed by atoms with E-state index in [-0.39, 0.29) is 24.6 Å². The van der Waals surface area contributed by atoms with Crippen LogP contribution >= 0.6 is 0 Å². The number of hydrogen-bond donors (Lipinski definition) is 2. The van der Waals surface area contributed by atoms with Crippen LogP contribution in [0, 0.1) is 23.5 Å². The molecule has 0 unspecified atom stereocenters. The quantitative estimate of drug-likeness (QED) is 0.220. The van der Waals surface area contributed by atoms with E-state index in [0.717, 1.165) is 40.5 Å². The minimum absolute atomic E-state index is 0.0372. The van der Waals surface area contributed by atoms with Crippen LogP contribution in [0.15, 0.2) is 84.2 Å². The van der Waals surface area contributed by atoms with Gasteiger partial charge in [-0.15, -0.1) is 0 Å². The van der Waals surface area contributed by atoms with Crippen molar-refractivity contribution in [2.45, 2.75) is 6.54 Å². The van der Waals surface area contributed by atoms with Crippen LogP contribution in [-0.4, -0.2) is 81.9 Å². The highest BCUT2D eigenvalue weighted by Crippen LogP contribution is 2.19. The molecule has 0 aliphatic carbocycles. The van der Waals surface area contributed by atoms with Crippen molar-refractivity contribution in [3.63, 3.8) is 0 Å². The van der Waals surface area contributed by atoms with Gasteiger partial charge in [-0.2, -0.15) is 0 Å². The summed E-state index contributed by atoms with van der Waals surface area (Å²) in [5.41, 5.74) is 2.20. The Labute approximate surface area is 275 Å². The molecule has 5 rings (SSSR count). The summed E-state index contributed by atoms with van der Waals surface area (Å²) in [6.07, 6.45) is 4.03. The van der Waals surface area contributed by atoms with E-state index in [2.05, 4.69) is 37.4 Å². The molecule has 2 heterocycles. The molecule has 0 aliphatic heterocycles. The zero-order chi connectivity index (χ0) is 34.2. The van der Waals surface area contributed by atoms with Crippen molar-refractivity contribution in [2.24, 2.45) is 0 Å². The Kier molecular flexibility index (Phi) is 10.5. The van der Waals surface area contributed by atoms with E-state index in [1.807, 2.05) is 25.1 Å². The largest absolute Gasteiger partial charge is 0.341 e. The minimum Gasteiger partial charge on any atom is -0.341 e. The van der Waals surface area contributed by atoms with Crippen LogP contribution in [0.2, 0.25) is 0 Å². The molecule has 2 amide bonds. The number of nitrogens with zero attached hydrogens (tertiary/aromatic N) is 6. The van der Waals surface area contributed by atoms with Crippen molar-refractivity contribution in [1.82, 2.24) is 34.6 Å². The number of amides is 2. The van der Waals surface area contributed by atoms with E-state index < -0.39 is 23.1 Å². The summed E-state index contributed by atoms with van der Waals surface area (Å²) in [6.45, 7) is 1.28. The molecule has 11 nitrogen and oxygen atoms in total. The molecule has 0 aliphatic rings. The number of benzene rings is 3. The fourth-order valence-electron chi connectivity index (χ4n) is 4.59. The van der Waals surface area contributed by atoms with Gasteiger partial charge in [0, 0.05) is 54.7 Å². The highest BCUT2D eigenvalue weighted by Gasteiger charge is 2.14. The van der Waals surface area contributed by atoms with E-state index in [4.69, 9.17) is 0 Å². The molecule has 3 aromatic carbocycles. The molecule has 2 N–H and O–H groups in total. The lowest BCUT2D eigenvalue weighted by Gasteiger charge is -2.19. The summed E-state index contributed by atoms with van der Waals surface area (Å²) >= 11 is 0. The fourth-order valence-corrected chi connectivity index (χ4v) is 4.59. The second-order valence-electron chi connectivity index (χ2n) is 11.2. The van der Waals surface area contributed by atoms with Gasteiger partial charge in [0.25, 0.3) is 17.4 Å². The van der Waals surface area contributed by atoms with Gasteiger partial charge in [-0.3, -0.25) is 19.0 Å². The summed E-state index contributed by atoms with van der Waals surface area (Å²) in [4.78, 5) is 54.7. The first-order chi connectivity index (χ1) is 23.1. The van der Waals surface area contributed by atoms with Crippen LogP contribution < -0.4 is 16.2 Å². The van der Waals surface area contributed by atoms with Gasteiger partial charge in [-0.1, -0.05) is 17.9 Å². The maximum atomic E-state index is 13.6. The van der Waals surface area contributed by atoms with Crippen molar-refractivity contribution in [2.75, 3.05) is 46.1 Å². The van der Waals surface area contributed by atoms with Gasteiger partial charge < -0.3 is 20.4 Å². The minimum atomic E-state index is -1.03. The number of aromatic nitrogens is 4. The monoisotopic (exact) mass is 650 g/mol. The molecular formula is C35H32F2N8O3. The number of likely N-dealkylation sites (N-methyl/N-ethyl adjacent to an activating group) is 2. The predicted octanol–water partition coefficient (Wildman–Crippen LogP) is 3.67. The van der Waals surface area contributed by atoms with Crippen LogP contribution in [0.4, 0.5) is 20.4 Å². The van der Waals surface area contributed by atoms with Crippen molar-refractivity contribution in [3.8, 4) is 11.8 Å². The van der Waals surface area contributed by atoms with Crippen LogP contribution in [0.1, 0.15) is 31.8 Å². The zero-order valence-corrected chi connectivity index (χ0v) is 26.5. The van der Waals surface area contributed by atoms with E-state index in [0.29, 0.717) is 34.7 Å². The number of anilines is 2. The molecule has 2 aromatic heterocycles. The molecule has 0 bridgehead atoms. The second kappa shape index (κ2) is 15.1. The van der Waals surface area contributed by atoms with Crippen molar-refractivity contribution in [1.29, 1.82) is 0 Å². The number of fused-ring (bicyclic) bond motifs is 1. The number of halogens is 2. The summed E-state index contributed by atoms with van der Waals surface area (Å²) in [5, 5.41) is 6.49. The Hall–Kier alpha value is -6.00. The maximum Gasteiger partial charge on any atom is 0.266 e. The molecule has 0 radical (unpaired) electrons. The van der Waals surface area contributed by atoms with E-state index in [1.54, 1.807) is 54.5 Å². The Bertz CT molecular complexity index is 2090. The topological polar surface area (TPSA) is 125 Å². The van der Waals surface area contributed by atoms with Gasteiger partial charge >= 0.3 is 0 Å². The van der Waals surface area contributed by atoms with Crippen molar-refractivity contribution in [3.05, 3.63) is 124 Å². The molecule has 48 heavy (non-hydrogen) atoms. The van der Waals surface area contributed by atoms with Gasteiger partial charge in [0.2, 0.25) is 5.95 Å². The average Bonchev–Trinajstić information content (AvgIpc) is 3.08. The first kappa shape index (κ1) is 33.4. The van der Waals surface area contributed by atoms with E-state index >= 15 is 0 Å². The summed E-state index contributed by atoms with van der Waals surface area (Å²) < 4.78 is 27.9. The number of nitrogens with one attached hydrogen (secondary N) is 2. The van der Waals surface area contributed by atoms with Gasteiger partial charge in [0.15, 0.2) is 11.6 Å². The molecule has 0 atom stereocenters. The lowest BCUT2D eigenvalue weighted by molar-refractivity contribution is 0.0786. The summed E-state index contributed by atoms with van der Waals surface area (Å²) in [7, 11) is 5.71. The first-order valence-corrected chi connectivity index (χ1v) is 14.9. The number of carbonyl (C=O) groups excluding carboxylic acids is 2. The molecule has 0 fully saturated rings. The molecule has 13 heteroatoms. The standard InChI is InChI=1S/C35H32F2N8O3/c1-43(2)15-16-44(3)33(47)25-8-10-27(11-9-25)41-35-40-19-26-17-23(7-13-31(26)42-35)5-4-14-39-32(46)28-20-38-22-45(34(28)48)21-24-6-12-29(36)30(37)18-24/h6-13,17-20,22H,14-16,21H2,1-3H3,(H,39,46)(H,40,41,42). The SMILES string of the molecule is CN(C)CCN(C)C(=O)c1ccc(Nc2ncc3cc(C#CCNC(=O)c4cncn(Cc5ccc(F)c(F)c5)c4=O)ccc3n2)cc1. The van der Waals surface area contributed by atoms with Crippen LogP contribution in [0.25, 0.3) is 10.9 Å². The van der Waals surface area contributed by atoms with Gasteiger partial charge in [0.1, 0.15) is 5.56 Å². The highest BCUT2D eigenvalue weighted by atomic mass is 19.2. The Morgan fingerprint density at radius 3 is 2.48 bits per heavy atom. The fraction of sp³-hybridized carbons (Fsp3) is 0.200. The normalized spacial score (nSPS) is 10.8. The van der Waals surface area contributed by atoms with E-state index in [1.165, 1.54) is 12.4 Å². The van der Waals surface area contributed by atoms with E-state index in [9.17, 15) is 23.2 Å². The Morgan fingerprint density at radius 2 is 1.73 bits per heavy atom. The predicted molar refractivity (Wildman–Crippen MR) is 178 cm³/mol. The highest BCUT2D eigenvalue weighted by molar-refractivity contribution is 5.94. The zero-order valence-electron chi connectivity index (χ0n) is 26.5. The molecule has 0 saturated carbocycles. The third kappa shape index (κ3) is 8.42. The van der Waals surface area contributed by atoms with Gasteiger partial charge in [0.05, 0.1) is 24.9 Å². The van der Waals surface area contributed by atoms with Gasteiger partial charge in [-0.25, -0.2) is 23.7 Å². The lowest BCUT2D eigenvalue weighted by Crippen LogP contribution is -2.33. The van der Waals surface area contributed by atoms with Crippen molar-refractivity contribution >= 4 is 34.4 Å². The smallest absolute Gasteiger partial charge is 0.266 e. The lowest BCUT2D eigenvalue weighted by atomic mass is 10.1. The molecule has 0 saturated heterocycles. The van der Waals surface area contributed by atoms with Crippen LogP contribution in [0.3, 0.4) is 0 Å². The molecular weight excluding hydrogens is 618 g/mol. The third-order valence-electron chi connectivity index (χ3n) is 7.25. The number of rotatable bonds is 10. The van der Waals surface area contributed by atoms with Gasteiger partial charge in [-0.05, 0) is 74.3 Å². The number of carbonyl (C=O) groups is 2. The molecule has 244 valence electrons. The Balaban J connectivity index is 1.17. The maximum absolute atomic E-state index is 13.6.